The fourth-order valence-corrected chi connectivity index (χ4v) is 2.41. The number of rotatable bonds is 3. The molecule has 0 fully saturated rings. The highest BCUT2D eigenvalue weighted by molar-refractivity contribution is 6.30. The summed E-state index contributed by atoms with van der Waals surface area (Å²) in [6, 6.07) is 5.86. The minimum atomic E-state index is 0.747. The molecule has 0 amide bonds. The number of hydrogen-bond acceptors (Lipinski definition) is 2. The molecule has 0 radical (unpaired) electrons. The quantitative estimate of drug-likeness (QED) is 0.920. The summed E-state index contributed by atoms with van der Waals surface area (Å²) in [5, 5.41) is 5.29. The summed E-state index contributed by atoms with van der Waals surface area (Å²) in [4.78, 5) is 0. The predicted molar refractivity (Wildman–Crippen MR) is 76.8 cm³/mol. The zero-order valence-corrected chi connectivity index (χ0v) is 11.8. The minimum Gasteiger partial charge on any atom is -0.384 e. The van der Waals surface area contributed by atoms with Crippen LogP contribution in [-0.4, -0.2) is 9.78 Å². The molecule has 0 spiro atoms. The SMILES string of the molecule is CCCc1c(-c2ccc(Cl)cc2C)nn(C)c1N. The molecular weight excluding hydrogens is 246 g/mol. The maximum atomic E-state index is 6.08. The molecule has 0 bridgehead atoms. The Morgan fingerprint density at radius 1 is 1.39 bits per heavy atom. The smallest absolute Gasteiger partial charge is 0.125 e. The molecule has 1 aromatic carbocycles. The van der Waals surface area contributed by atoms with Gasteiger partial charge in [0.1, 0.15) is 5.82 Å². The molecule has 2 N–H and O–H groups in total. The summed E-state index contributed by atoms with van der Waals surface area (Å²) in [6.45, 7) is 4.19. The van der Waals surface area contributed by atoms with Crippen LogP contribution in [0.25, 0.3) is 11.3 Å². The second-order valence-electron chi connectivity index (χ2n) is 4.55. The lowest BCUT2D eigenvalue weighted by Gasteiger charge is -2.06. The predicted octanol–water partition coefficient (Wildman–Crippen LogP) is 3.58. The molecule has 96 valence electrons. The van der Waals surface area contributed by atoms with Crippen molar-refractivity contribution in [3.05, 3.63) is 34.3 Å². The topological polar surface area (TPSA) is 43.8 Å². The van der Waals surface area contributed by atoms with Crippen molar-refractivity contribution in [1.29, 1.82) is 0 Å². The zero-order chi connectivity index (χ0) is 13.3. The van der Waals surface area contributed by atoms with Gasteiger partial charge in [0.25, 0.3) is 0 Å². The van der Waals surface area contributed by atoms with Crippen LogP contribution in [0.2, 0.25) is 5.02 Å². The largest absolute Gasteiger partial charge is 0.384 e. The van der Waals surface area contributed by atoms with E-state index < -0.39 is 0 Å². The lowest BCUT2D eigenvalue weighted by molar-refractivity contribution is 0.781. The van der Waals surface area contributed by atoms with Crippen LogP contribution in [0.5, 0.6) is 0 Å². The van der Waals surface area contributed by atoms with E-state index in [0.29, 0.717) is 0 Å². The summed E-state index contributed by atoms with van der Waals surface area (Å²) < 4.78 is 1.74. The van der Waals surface area contributed by atoms with Crippen LogP contribution in [0.1, 0.15) is 24.5 Å². The maximum absolute atomic E-state index is 6.08. The Morgan fingerprint density at radius 3 is 2.72 bits per heavy atom. The highest BCUT2D eigenvalue weighted by atomic mass is 35.5. The third-order valence-corrected chi connectivity index (χ3v) is 3.37. The molecule has 4 heteroatoms. The van der Waals surface area contributed by atoms with Gasteiger partial charge in [-0.2, -0.15) is 5.10 Å². The number of anilines is 1. The Labute approximate surface area is 113 Å². The second-order valence-corrected chi connectivity index (χ2v) is 4.98. The van der Waals surface area contributed by atoms with Gasteiger partial charge < -0.3 is 5.73 Å². The average molecular weight is 264 g/mol. The van der Waals surface area contributed by atoms with Crippen LogP contribution in [0.15, 0.2) is 18.2 Å². The number of nitrogens with zero attached hydrogens (tertiary/aromatic N) is 2. The van der Waals surface area contributed by atoms with E-state index in [0.717, 1.165) is 46.1 Å². The van der Waals surface area contributed by atoms with Crippen molar-refractivity contribution in [2.45, 2.75) is 26.7 Å². The summed E-state index contributed by atoms with van der Waals surface area (Å²) in [5.74, 6) is 0.751. The highest BCUT2D eigenvalue weighted by Crippen LogP contribution is 2.31. The van der Waals surface area contributed by atoms with Gasteiger partial charge in [0.15, 0.2) is 0 Å². The van der Waals surface area contributed by atoms with Gasteiger partial charge in [-0.1, -0.05) is 31.0 Å². The second kappa shape index (κ2) is 5.02. The van der Waals surface area contributed by atoms with Crippen molar-refractivity contribution in [2.75, 3.05) is 5.73 Å². The Morgan fingerprint density at radius 2 is 2.11 bits per heavy atom. The normalized spacial score (nSPS) is 10.9. The molecule has 2 aromatic rings. The van der Waals surface area contributed by atoms with E-state index >= 15 is 0 Å². The van der Waals surface area contributed by atoms with Gasteiger partial charge in [-0.25, -0.2) is 0 Å². The van der Waals surface area contributed by atoms with Crippen LogP contribution in [0.3, 0.4) is 0 Å². The molecule has 0 aliphatic heterocycles. The molecule has 0 atom stereocenters. The fraction of sp³-hybridized carbons (Fsp3) is 0.357. The van der Waals surface area contributed by atoms with Gasteiger partial charge in [0.2, 0.25) is 0 Å². The first-order chi connectivity index (χ1) is 8.54. The first-order valence-electron chi connectivity index (χ1n) is 6.12. The van der Waals surface area contributed by atoms with Gasteiger partial charge in [0, 0.05) is 23.2 Å². The van der Waals surface area contributed by atoms with Crippen molar-refractivity contribution in [2.24, 2.45) is 7.05 Å². The molecule has 0 unspecified atom stereocenters. The highest BCUT2D eigenvalue weighted by Gasteiger charge is 2.16. The Kier molecular flexibility index (Phi) is 3.62. The summed E-state index contributed by atoms with van der Waals surface area (Å²) >= 11 is 5.99. The average Bonchev–Trinajstić information content (AvgIpc) is 2.58. The fourth-order valence-electron chi connectivity index (χ4n) is 2.19. The van der Waals surface area contributed by atoms with E-state index in [4.69, 9.17) is 17.3 Å². The maximum Gasteiger partial charge on any atom is 0.125 e. The summed E-state index contributed by atoms with van der Waals surface area (Å²) in [5.41, 5.74) is 10.4. The van der Waals surface area contributed by atoms with Crippen molar-refractivity contribution in [3.8, 4) is 11.3 Å². The van der Waals surface area contributed by atoms with E-state index in [-0.39, 0.29) is 0 Å². The van der Waals surface area contributed by atoms with E-state index in [1.165, 1.54) is 0 Å². The van der Waals surface area contributed by atoms with Gasteiger partial charge >= 0.3 is 0 Å². The minimum absolute atomic E-state index is 0.747. The first kappa shape index (κ1) is 13.0. The van der Waals surface area contributed by atoms with E-state index in [9.17, 15) is 0 Å². The van der Waals surface area contributed by atoms with Gasteiger partial charge in [0.05, 0.1) is 5.69 Å². The number of aromatic nitrogens is 2. The number of nitrogen functional groups attached to an aromatic ring is 1. The molecule has 1 aromatic heterocycles. The van der Waals surface area contributed by atoms with Crippen LogP contribution in [0, 0.1) is 6.92 Å². The van der Waals surface area contributed by atoms with Gasteiger partial charge in [-0.05, 0) is 31.0 Å². The number of aryl methyl sites for hydroxylation is 2. The van der Waals surface area contributed by atoms with Crippen LogP contribution in [0.4, 0.5) is 5.82 Å². The molecule has 2 rings (SSSR count). The Bertz CT molecular complexity index is 573. The Balaban J connectivity index is 2.59. The van der Waals surface area contributed by atoms with Crippen LogP contribution < -0.4 is 5.73 Å². The molecule has 0 aliphatic rings. The summed E-state index contributed by atoms with van der Waals surface area (Å²) in [6.07, 6.45) is 1.99. The third kappa shape index (κ3) is 2.23. The molecule has 3 nitrogen and oxygen atoms in total. The van der Waals surface area contributed by atoms with Gasteiger partial charge in [-0.3, -0.25) is 4.68 Å². The molecule has 18 heavy (non-hydrogen) atoms. The van der Waals surface area contributed by atoms with Crippen LogP contribution in [-0.2, 0) is 13.5 Å². The number of benzene rings is 1. The first-order valence-corrected chi connectivity index (χ1v) is 6.50. The van der Waals surface area contributed by atoms with Crippen molar-refractivity contribution in [1.82, 2.24) is 9.78 Å². The zero-order valence-electron chi connectivity index (χ0n) is 11.0. The molecular formula is C14H18ClN3. The van der Waals surface area contributed by atoms with E-state index in [2.05, 4.69) is 12.0 Å². The molecule has 0 saturated carbocycles. The van der Waals surface area contributed by atoms with Crippen molar-refractivity contribution >= 4 is 17.4 Å². The number of nitrogens with two attached hydrogens (primary N) is 1. The third-order valence-electron chi connectivity index (χ3n) is 3.14. The van der Waals surface area contributed by atoms with Crippen molar-refractivity contribution < 1.29 is 0 Å². The number of hydrogen-bond donors (Lipinski definition) is 1. The number of halogens is 1. The standard InChI is InChI=1S/C14H18ClN3/c1-4-5-12-13(17-18(3)14(12)16)11-7-6-10(15)8-9(11)2/h6-8H,4-5,16H2,1-3H3. The lowest BCUT2D eigenvalue weighted by Crippen LogP contribution is -1.99. The summed E-state index contributed by atoms with van der Waals surface area (Å²) in [7, 11) is 1.88. The van der Waals surface area contributed by atoms with Crippen LogP contribution >= 0.6 is 11.6 Å². The van der Waals surface area contributed by atoms with Crippen molar-refractivity contribution in [3.63, 3.8) is 0 Å². The van der Waals surface area contributed by atoms with Gasteiger partial charge in [-0.15, -0.1) is 0 Å². The monoisotopic (exact) mass is 263 g/mol. The Hall–Kier alpha value is -1.48. The van der Waals surface area contributed by atoms with E-state index in [1.54, 1.807) is 4.68 Å². The molecule has 1 heterocycles. The lowest BCUT2D eigenvalue weighted by atomic mass is 10.0. The molecule has 0 saturated heterocycles. The van der Waals surface area contributed by atoms with E-state index in [1.807, 2.05) is 32.2 Å². The molecule has 0 aliphatic carbocycles.